The van der Waals surface area contributed by atoms with Crippen LogP contribution in [-0.2, 0) is 18.1 Å². The molecule has 1 unspecified atom stereocenters. The number of hydrogen-bond donors (Lipinski definition) is 0. The molecule has 0 saturated carbocycles. The summed E-state index contributed by atoms with van der Waals surface area (Å²) >= 11 is 1.34. The lowest BCUT2D eigenvalue weighted by Gasteiger charge is -2.20. The van der Waals surface area contributed by atoms with Crippen LogP contribution in [0.4, 0.5) is 13.2 Å². The number of ether oxygens (including phenoxy) is 1. The number of carbonyl (C=O) groups excluding carboxylic acids is 1. The first-order chi connectivity index (χ1) is 15.8. The highest BCUT2D eigenvalue weighted by Gasteiger charge is 2.32. The summed E-state index contributed by atoms with van der Waals surface area (Å²) in [5.74, 6) is -0.260. The van der Waals surface area contributed by atoms with E-state index in [1.54, 1.807) is 0 Å². The Labute approximate surface area is 203 Å². The molecule has 1 aromatic carbocycles. The van der Waals surface area contributed by atoms with Crippen LogP contribution in [0.2, 0.25) is 0 Å². The fourth-order valence-corrected chi connectivity index (χ4v) is 4.92. The van der Waals surface area contributed by atoms with Crippen molar-refractivity contribution >= 4 is 17.4 Å². The van der Waals surface area contributed by atoms with Gasteiger partial charge in [0, 0.05) is 23.3 Å². The number of likely N-dealkylation sites (tertiary alicyclic amines) is 1. The zero-order valence-electron chi connectivity index (χ0n) is 20.7. The predicted molar refractivity (Wildman–Crippen MR) is 128 cm³/mol. The van der Waals surface area contributed by atoms with E-state index in [0.29, 0.717) is 23.6 Å². The summed E-state index contributed by atoms with van der Waals surface area (Å²) in [5, 5.41) is 0. The number of aromatic nitrogens is 1. The molecule has 3 rings (SSSR count). The Kier molecular flexibility index (Phi) is 7.97. The molecule has 0 radical (unpaired) electrons. The molecule has 1 atom stereocenters. The second-order valence-corrected chi connectivity index (χ2v) is 11.3. The minimum Gasteiger partial charge on any atom is -0.491 e. The number of alkyl halides is 3. The van der Waals surface area contributed by atoms with E-state index in [1.807, 2.05) is 38.0 Å². The Morgan fingerprint density at radius 3 is 2.53 bits per heavy atom. The highest BCUT2D eigenvalue weighted by Crippen LogP contribution is 2.33. The zero-order valence-corrected chi connectivity index (χ0v) is 21.5. The van der Waals surface area contributed by atoms with E-state index in [2.05, 4.69) is 23.7 Å². The number of hydrogen-bond acceptors (Lipinski definition) is 4. The van der Waals surface area contributed by atoms with E-state index < -0.39 is 17.6 Å². The lowest BCUT2D eigenvalue weighted by molar-refractivity contribution is -0.137. The SMILES string of the molecule is CC(C)Cc1cn(C(C)(C)C)sc1=NC(=O)c1cc(C(F)(F)F)ccc1OCC1CCCN1C. The number of rotatable bonds is 6. The van der Waals surface area contributed by atoms with Gasteiger partial charge >= 0.3 is 6.18 Å². The summed E-state index contributed by atoms with van der Waals surface area (Å²) in [6.45, 7) is 11.6. The molecule has 9 heteroatoms. The van der Waals surface area contributed by atoms with Gasteiger partial charge in [-0.1, -0.05) is 13.8 Å². The second-order valence-electron chi connectivity index (χ2n) is 10.4. The van der Waals surface area contributed by atoms with Gasteiger partial charge in [0.2, 0.25) is 0 Å². The van der Waals surface area contributed by atoms with Crippen molar-refractivity contribution in [3.8, 4) is 5.75 Å². The van der Waals surface area contributed by atoms with Gasteiger partial charge < -0.3 is 9.64 Å². The van der Waals surface area contributed by atoms with Gasteiger partial charge in [0.1, 0.15) is 17.0 Å². The quantitative estimate of drug-likeness (QED) is 0.512. The zero-order chi connectivity index (χ0) is 25.3. The fourth-order valence-electron chi connectivity index (χ4n) is 3.91. The van der Waals surface area contributed by atoms with Crippen LogP contribution in [-0.4, -0.2) is 41.0 Å². The Morgan fingerprint density at radius 2 is 1.97 bits per heavy atom. The van der Waals surface area contributed by atoms with E-state index in [4.69, 9.17) is 4.74 Å². The van der Waals surface area contributed by atoms with Crippen LogP contribution in [0.5, 0.6) is 5.75 Å². The van der Waals surface area contributed by atoms with Crippen molar-refractivity contribution in [3.63, 3.8) is 0 Å². The molecule has 5 nitrogen and oxygen atoms in total. The van der Waals surface area contributed by atoms with Gasteiger partial charge in [0.25, 0.3) is 5.91 Å². The lowest BCUT2D eigenvalue weighted by Crippen LogP contribution is -2.30. The molecule has 0 spiro atoms. The maximum atomic E-state index is 13.4. The van der Waals surface area contributed by atoms with Gasteiger partial charge in [-0.3, -0.25) is 8.75 Å². The van der Waals surface area contributed by atoms with Crippen molar-refractivity contribution in [2.75, 3.05) is 20.2 Å². The Morgan fingerprint density at radius 1 is 1.26 bits per heavy atom. The summed E-state index contributed by atoms with van der Waals surface area (Å²) in [6.07, 6.45) is 0.122. The molecule has 34 heavy (non-hydrogen) atoms. The molecule has 0 bridgehead atoms. The molecule has 0 aliphatic carbocycles. The summed E-state index contributed by atoms with van der Waals surface area (Å²) in [6, 6.07) is 3.21. The third-order valence-corrected chi connectivity index (χ3v) is 7.24. The molecule has 2 heterocycles. The monoisotopic (exact) mass is 497 g/mol. The van der Waals surface area contributed by atoms with Crippen LogP contribution in [0.1, 0.15) is 68.9 Å². The molecule has 2 aromatic rings. The van der Waals surface area contributed by atoms with E-state index in [9.17, 15) is 18.0 Å². The van der Waals surface area contributed by atoms with Crippen molar-refractivity contribution in [1.82, 2.24) is 8.86 Å². The van der Waals surface area contributed by atoms with E-state index in [0.717, 1.165) is 37.1 Å². The van der Waals surface area contributed by atoms with Crippen molar-refractivity contribution in [1.29, 1.82) is 0 Å². The van der Waals surface area contributed by atoms with Gasteiger partial charge in [-0.05, 0) is 89.3 Å². The van der Waals surface area contributed by atoms with E-state index in [1.165, 1.54) is 17.6 Å². The van der Waals surface area contributed by atoms with Gasteiger partial charge in [0.15, 0.2) is 0 Å². The van der Waals surface area contributed by atoms with Crippen LogP contribution >= 0.6 is 11.5 Å². The molecule has 188 valence electrons. The molecular formula is C25H34F3N3O2S. The number of halogens is 3. The smallest absolute Gasteiger partial charge is 0.416 e. The molecule has 1 saturated heterocycles. The summed E-state index contributed by atoms with van der Waals surface area (Å²) in [7, 11) is 1.99. The van der Waals surface area contributed by atoms with Gasteiger partial charge in [0.05, 0.1) is 11.1 Å². The van der Waals surface area contributed by atoms with Crippen LogP contribution in [0.15, 0.2) is 29.4 Å². The van der Waals surface area contributed by atoms with Crippen molar-refractivity contribution in [2.24, 2.45) is 10.9 Å². The average molecular weight is 498 g/mol. The van der Waals surface area contributed by atoms with Crippen molar-refractivity contribution < 1.29 is 22.7 Å². The third kappa shape index (κ3) is 6.50. The van der Waals surface area contributed by atoms with E-state index >= 15 is 0 Å². The summed E-state index contributed by atoms with van der Waals surface area (Å²) in [4.78, 5) is 19.7. The number of carbonyl (C=O) groups is 1. The molecule has 1 aromatic heterocycles. The first kappa shape index (κ1) is 26.5. The maximum absolute atomic E-state index is 13.4. The Hall–Kier alpha value is -2.13. The van der Waals surface area contributed by atoms with Crippen LogP contribution < -0.4 is 9.41 Å². The van der Waals surface area contributed by atoms with Crippen molar-refractivity contribution in [3.05, 3.63) is 45.8 Å². The van der Waals surface area contributed by atoms with Crippen LogP contribution in [0.3, 0.4) is 0 Å². The topological polar surface area (TPSA) is 46.8 Å². The van der Waals surface area contributed by atoms with E-state index in [-0.39, 0.29) is 22.9 Å². The standard InChI is InChI=1S/C25H34F3N3O2S/c1-16(2)12-17-14-31(24(3,4)5)34-23(17)29-22(32)20-13-18(25(26,27)28)9-10-21(20)33-15-19-8-7-11-30(19)6/h9-10,13-14,16,19H,7-8,11-12,15H2,1-6H3. The van der Waals surface area contributed by atoms with Crippen molar-refractivity contribution in [2.45, 2.75) is 71.6 Å². The Balaban J connectivity index is 2.02. The molecule has 1 aliphatic rings. The third-order valence-electron chi connectivity index (χ3n) is 5.87. The number of nitrogens with zero attached hydrogens (tertiary/aromatic N) is 3. The molecule has 1 aliphatic heterocycles. The largest absolute Gasteiger partial charge is 0.491 e. The predicted octanol–water partition coefficient (Wildman–Crippen LogP) is 5.74. The Bertz CT molecular complexity index is 1080. The van der Waals surface area contributed by atoms with Crippen LogP contribution in [0.25, 0.3) is 0 Å². The highest BCUT2D eigenvalue weighted by atomic mass is 32.1. The first-order valence-corrected chi connectivity index (χ1v) is 12.4. The normalized spacial score (nSPS) is 18.2. The maximum Gasteiger partial charge on any atom is 0.416 e. The molecular weight excluding hydrogens is 463 g/mol. The fraction of sp³-hybridized carbons (Fsp3) is 0.600. The van der Waals surface area contributed by atoms with Crippen LogP contribution in [0, 0.1) is 5.92 Å². The number of likely N-dealkylation sites (N-methyl/N-ethyl adjacent to an activating group) is 1. The minimum atomic E-state index is -4.57. The molecule has 0 N–H and O–H groups in total. The van der Waals surface area contributed by atoms with Gasteiger partial charge in [-0.25, -0.2) is 0 Å². The summed E-state index contributed by atoms with van der Waals surface area (Å²) < 4.78 is 48.7. The summed E-state index contributed by atoms with van der Waals surface area (Å²) in [5.41, 5.74) is -0.355. The molecule has 1 amide bonds. The van der Waals surface area contributed by atoms with Gasteiger partial charge in [-0.15, -0.1) is 0 Å². The second kappa shape index (κ2) is 10.2. The lowest BCUT2D eigenvalue weighted by atomic mass is 10.1. The average Bonchev–Trinajstić information content (AvgIpc) is 3.31. The number of benzene rings is 1. The molecule has 1 fully saturated rings. The number of amides is 1. The minimum absolute atomic E-state index is 0.132. The van der Waals surface area contributed by atoms with Gasteiger partial charge in [-0.2, -0.15) is 18.2 Å². The highest BCUT2D eigenvalue weighted by molar-refractivity contribution is 7.04. The first-order valence-electron chi connectivity index (χ1n) is 11.6.